The zero-order valence-corrected chi connectivity index (χ0v) is 19.2. The number of benzene rings is 2. The molecule has 0 saturated carbocycles. The van der Waals surface area contributed by atoms with E-state index in [1.54, 1.807) is 16.7 Å². The third-order valence-electron chi connectivity index (χ3n) is 5.95. The smallest absolute Gasteiger partial charge is 0.262 e. The SMILES string of the molecule is C[C@@H](NC(=O)CSc1nc2ccccc2c(=O)n1CCCO)c1ccc2c(c1)CCCC2. The topological polar surface area (TPSA) is 84.2 Å². The van der Waals surface area contributed by atoms with Gasteiger partial charge in [0.2, 0.25) is 5.91 Å². The monoisotopic (exact) mass is 451 g/mol. The summed E-state index contributed by atoms with van der Waals surface area (Å²) in [6.45, 7) is 2.35. The van der Waals surface area contributed by atoms with Gasteiger partial charge in [0, 0.05) is 13.2 Å². The van der Waals surface area contributed by atoms with Crippen molar-refractivity contribution in [3.63, 3.8) is 0 Å². The predicted octanol–water partition coefficient (Wildman–Crippen LogP) is 3.63. The highest BCUT2D eigenvalue weighted by atomic mass is 32.2. The number of aliphatic hydroxyl groups excluding tert-OH is 1. The van der Waals surface area contributed by atoms with Crippen LogP contribution >= 0.6 is 11.8 Å². The van der Waals surface area contributed by atoms with E-state index in [0.717, 1.165) is 18.4 Å². The molecule has 4 rings (SSSR count). The van der Waals surface area contributed by atoms with Crippen molar-refractivity contribution in [2.75, 3.05) is 12.4 Å². The van der Waals surface area contributed by atoms with Crippen LogP contribution in [-0.4, -0.2) is 32.9 Å². The highest BCUT2D eigenvalue weighted by Crippen LogP contribution is 2.25. The second-order valence-electron chi connectivity index (χ2n) is 8.26. The minimum absolute atomic E-state index is 0.0118. The van der Waals surface area contributed by atoms with Gasteiger partial charge in [-0.05, 0) is 67.9 Å². The summed E-state index contributed by atoms with van der Waals surface area (Å²) in [5.41, 5.74) is 4.42. The molecule has 1 aliphatic carbocycles. The molecule has 0 bridgehead atoms. The maximum absolute atomic E-state index is 12.9. The number of aliphatic hydroxyl groups is 1. The molecule has 0 radical (unpaired) electrons. The van der Waals surface area contributed by atoms with Gasteiger partial charge in [-0.25, -0.2) is 4.98 Å². The molecule has 2 N–H and O–H groups in total. The molecular weight excluding hydrogens is 422 g/mol. The second kappa shape index (κ2) is 10.3. The van der Waals surface area contributed by atoms with Crippen LogP contribution in [0, 0.1) is 0 Å². The number of thioether (sulfide) groups is 1. The fourth-order valence-electron chi connectivity index (χ4n) is 4.20. The summed E-state index contributed by atoms with van der Waals surface area (Å²) in [7, 11) is 0. The van der Waals surface area contributed by atoms with E-state index in [1.165, 1.54) is 35.7 Å². The Balaban J connectivity index is 1.46. The van der Waals surface area contributed by atoms with Crippen LogP contribution in [0.25, 0.3) is 10.9 Å². The predicted molar refractivity (Wildman–Crippen MR) is 128 cm³/mol. The molecule has 1 aliphatic rings. The molecule has 1 atom stereocenters. The summed E-state index contributed by atoms with van der Waals surface area (Å²) in [6.07, 6.45) is 5.18. The number of rotatable bonds is 8. The van der Waals surface area contributed by atoms with Gasteiger partial charge in [-0.15, -0.1) is 0 Å². The molecule has 32 heavy (non-hydrogen) atoms. The number of hydrogen-bond donors (Lipinski definition) is 2. The first-order valence-electron chi connectivity index (χ1n) is 11.2. The van der Waals surface area contributed by atoms with E-state index in [9.17, 15) is 14.7 Å². The van der Waals surface area contributed by atoms with Gasteiger partial charge in [-0.1, -0.05) is 42.1 Å². The molecule has 0 fully saturated rings. The third kappa shape index (κ3) is 5.05. The van der Waals surface area contributed by atoms with E-state index in [2.05, 4.69) is 28.5 Å². The largest absolute Gasteiger partial charge is 0.396 e. The molecule has 7 heteroatoms. The molecule has 0 spiro atoms. The molecule has 0 unspecified atom stereocenters. The zero-order valence-electron chi connectivity index (χ0n) is 18.3. The average Bonchev–Trinajstić information content (AvgIpc) is 2.82. The number of aryl methyl sites for hydroxylation is 2. The number of carbonyl (C=O) groups is 1. The van der Waals surface area contributed by atoms with Crippen LogP contribution < -0.4 is 10.9 Å². The lowest BCUT2D eigenvalue weighted by molar-refractivity contribution is -0.119. The summed E-state index contributed by atoms with van der Waals surface area (Å²) in [6, 6.07) is 13.6. The summed E-state index contributed by atoms with van der Waals surface area (Å²) in [5.74, 6) is 0.0652. The lowest BCUT2D eigenvalue weighted by atomic mass is 9.89. The van der Waals surface area contributed by atoms with Crippen molar-refractivity contribution in [1.82, 2.24) is 14.9 Å². The highest BCUT2D eigenvalue weighted by Gasteiger charge is 2.16. The zero-order chi connectivity index (χ0) is 22.5. The van der Waals surface area contributed by atoms with Gasteiger partial charge in [0.25, 0.3) is 5.56 Å². The number of aromatic nitrogens is 2. The quantitative estimate of drug-likeness (QED) is 0.404. The first kappa shape index (κ1) is 22.6. The molecule has 6 nitrogen and oxygen atoms in total. The Kier molecular flexibility index (Phi) is 7.27. The Morgan fingerprint density at radius 2 is 1.97 bits per heavy atom. The molecule has 168 valence electrons. The number of hydrogen-bond acceptors (Lipinski definition) is 5. The third-order valence-corrected chi connectivity index (χ3v) is 6.93. The molecule has 2 aromatic carbocycles. The van der Waals surface area contributed by atoms with Crippen LogP contribution in [0.2, 0.25) is 0 Å². The number of fused-ring (bicyclic) bond motifs is 2. The first-order chi connectivity index (χ1) is 15.6. The van der Waals surface area contributed by atoms with E-state index in [1.807, 2.05) is 19.1 Å². The maximum atomic E-state index is 12.9. The number of para-hydroxylation sites is 1. The average molecular weight is 452 g/mol. The van der Waals surface area contributed by atoms with Gasteiger partial charge in [-0.3, -0.25) is 14.2 Å². The summed E-state index contributed by atoms with van der Waals surface area (Å²) >= 11 is 1.25. The van der Waals surface area contributed by atoms with Gasteiger partial charge in [0.15, 0.2) is 5.16 Å². The van der Waals surface area contributed by atoms with Crippen molar-refractivity contribution in [2.45, 2.75) is 56.8 Å². The lowest BCUT2D eigenvalue weighted by Crippen LogP contribution is -2.29. The van der Waals surface area contributed by atoms with Gasteiger partial charge >= 0.3 is 0 Å². The number of amides is 1. The normalized spacial score (nSPS) is 14.2. The van der Waals surface area contributed by atoms with Crippen molar-refractivity contribution in [3.8, 4) is 0 Å². The van der Waals surface area contributed by atoms with Crippen molar-refractivity contribution in [2.24, 2.45) is 0 Å². The van der Waals surface area contributed by atoms with Crippen molar-refractivity contribution in [3.05, 3.63) is 69.5 Å². The Morgan fingerprint density at radius 3 is 2.78 bits per heavy atom. The van der Waals surface area contributed by atoms with Crippen LogP contribution in [-0.2, 0) is 24.2 Å². The van der Waals surface area contributed by atoms with Crippen LogP contribution in [0.3, 0.4) is 0 Å². The van der Waals surface area contributed by atoms with E-state index in [0.29, 0.717) is 29.0 Å². The summed E-state index contributed by atoms with van der Waals surface area (Å²) in [4.78, 5) is 30.2. The van der Waals surface area contributed by atoms with Gasteiger partial charge in [0.05, 0.1) is 22.7 Å². The molecule has 0 aliphatic heterocycles. The number of nitrogens with zero attached hydrogens (tertiary/aromatic N) is 2. The van der Waals surface area contributed by atoms with Crippen LogP contribution in [0.15, 0.2) is 52.4 Å². The lowest BCUT2D eigenvalue weighted by Gasteiger charge is -2.20. The van der Waals surface area contributed by atoms with E-state index in [4.69, 9.17) is 0 Å². The van der Waals surface area contributed by atoms with E-state index in [-0.39, 0.29) is 29.9 Å². The maximum Gasteiger partial charge on any atom is 0.262 e. The fraction of sp³-hybridized carbons (Fsp3) is 0.400. The molecule has 1 heterocycles. The summed E-state index contributed by atoms with van der Waals surface area (Å²) in [5, 5.41) is 13.3. The molecular formula is C25H29N3O3S. The Labute approximate surface area is 192 Å². The van der Waals surface area contributed by atoms with Gasteiger partial charge in [-0.2, -0.15) is 0 Å². The second-order valence-corrected chi connectivity index (χ2v) is 9.20. The van der Waals surface area contributed by atoms with Crippen molar-refractivity contribution < 1.29 is 9.90 Å². The Morgan fingerprint density at radius 1 is 1.19 bits per heavy atom. The molecule has 1 aromatic heterocycles. The minimum atomic E-state index is -0.144. The van der Waals surface area contributed by atoms with Crippen LogP contribution in [0.5, 0.6) is 0 Å². The standard InChI is InChI=1S/C25H29N3O3S/c1-17(19-12-11-18-7-2-3-8-20(18)15-19)26-23(30)16-32-25-27-22-10-5-4-9-21(22)24(31)28(25)13-6-14-29/h4-5,9-12,15,17,29H,2-3,6-8,13-14,16H2,1H3,(H,26,30)/t17-/m1/s1. The van der Waals surface area contributed by atoms with Gasteiger partial charge < -0.3 is 10.4 Å². The number of nitrogens with one attached hydrogen (secondary N) is 1. The Bertz CT molecular complexity index is 1170. The first-order valence-corrected chi connectivity index (χ1v) is 12.2. The molecule has 3 aromatic rings. The van der Waals surface area contributed by atoms with E-state index < -0.39 is 0 Å². The van der Waals surface area contributed by atoms with Crippen LogP contribution in [0.1, 0.15) is 48.9 Å². The highest BCUT2D eigenvalue weighted by molar-refractivity contribution is 7.99. The minimum Gasteiger partial charge on any atom is -0.396 e. The van der Waals surface area contributed by atoms with Crippen molar-refractivity contribution >= 4 is 28.6 Å². The van der Waals surface area contributed by atoms with Crippen LogP contribution in [0.4, 0.5) is 0 Å². The summed E-state index contributed by atoms with van der Waals surface area (Å²) < 4.78 is 1.56. The van der Waals surface area contributed by atoms with Gasteiger partial charge in [0.1, 0.15) is 0 Å². The molecule has 0 saturated heterocycles. The number of carbonyl (C=O) groups excluding carboxylic acids is 1. The molecule has 1 amide bonds. The van der Waals surface area contributed by atoms with Crippen molar-refractivity contribution in [1.29, 1.82) is 0 Å². The fourth-order valence-corrected chi connectivity index (χ4v) is 5.04. The Hall–Kier alpha value is -2.64. The van der Waals surface area contributed by atoms with E-state index >= 15 is 0 Å².